The van der Waals surface area contributed by atoms with E-state index in [1.54, 1.807) is 14.0 Å². The van der Waals surface area contributed by atoms with Crippen LogP contribution in [0, 0.1) is 0 Å². The summed E-state index contributed by atoms with van der Waals surface area (Å²) in [4.78, 5) is 15.5. The summed E-state index contributed by atoms with van der Waals surface area (Å²) in [5.41, 5.74) is 0.893. The molecule has 2 rings (SSSR count). The lowest BCUT2D eigenvalue weighted by molar-refractivity contribution is 0.152. The number of aromatic nitrogens is 2. The highest BCUT2D eigenvalue weighted by Gasteiger charge is 2.08. The predicted molar refractivity (Wildman–Crippen MR) is 88.9 cm³/mol. The van der Waals surface area contributed by atoms with Gasteiger partial charge in [0.25, 0.3) is 0 Å². The molecule has 0 bridgehead atoms. The maximum atomic E-state index is 11.1. The molecule has 1 aromatic carbocycles. The summed E-state index contributed by atoms with van der Waals surface area (Å²) in [5.74, 6) is 2.00. The van der Waals surface area contributed by atoms with Crippen molar-refractivity contribution in [2.75, 3.05) is 20.3 Å². The van der Waals surface area contributed by atoms with Crippen molar-refractivity contribution in [2.45, 2.75) is 32.6 Å². The van der Waals surface area contributed by atoms with E-state index in [1.807, 2.05) is 24.3 Å². The van der Waals surface area contributed by atoms with Gasteiger partial charge in [-0.2, -0.15) is 4.98 Å². The molecule has 0 radical (unpaired) electrons. The van der Waals surface area contributed by atoms with Crippen molar-refractivity contribution in [1.29, 1.82) is 0 Å². The average molecular weight is 333 g/mol. The lowest BCUT2D eigenvalue weighted by atomic mass is 10.2. The Labute approximate surface area is 141 Å². The van der Waals surface area contributed by atoms with E-state index in [4.69, 9.17) is 14.0 Å². The van der Waals surface area contributed by atoms with Gasteiger partial charge >= 0.3 is 6.09 Å². The number of benzene rings is 1. The SMILES string of the molecule is CCOC(=O)NCCCCCc1nc(-c2ccc(OC)cc2)no1. The van der Waals surface area contributed by atoms with Crippen molar-refractivity contribution in [3.63, 3.8) is 0 Å². The topological polar surface area (TPSA) is 86.5 Å². The molecule has 0 saturated carbocycles. The lowest BCUT2D eigenvalue weighted by Crippen LogP contribution is -2.25. The lowest BCUT2D eigenvalue weighted by Gasteiger charge is -2.04. The molecule has 1 N–H and O–H groups in total. The number of hydrogen-bond acceptors (Lipinski definition) is 6. The third-order valence-corrected chi connectivity index (χ3v) is 3.43. The number of nitrogens with one attached hydrogen (secondary N) is 1. The van der Waals surface area contributed by atoms with E-state index in [-0.39, 0.29) is 6.09 Å². The summed E-state index contributed by atoms with van der Waals surface area (Å²) in [6.45, 7) is 2.78. The van der Waals surface area contributed by atoms with E-state index in [0.29, 0.717) is 24.9 Å². The molecule has 2 aromatic rings. The van der Waals surface area contributed by atoms with Gasteiger partial charge in [-0.05, 0) is 44.0 Å². The van der Waals surface area contributed by atoms with Crippen LogP contribution >= 0.6 is 0 Å². The first-order valence-electron chi connectivity index (χ1n) is 8.10. The van der Waals surface area contributed by atoms with Crippen LogP contribution in [-0.2, 0) is 11.2 Å². The summed E-state index contributed by atoms with van der Waals surface area (Å²) in [5, 5.41) is 6.69. The third kappa shape index (κ3) is 5.57. The molecule has 0 saturated heterocycles. The fraction of sp³-hybridized carbons (Fsp3) is 0.471. The van der Waals surface area contributed by atoms with Gasteiger partial charge in [-0.3, -0.25) is 0 Å². The number of aryl methyl sites for hydroxylation is 1. The minimum atomic E-state index is -0.362. The van der Waals surface area contributed by atoms with Gasteiger partial charge in [-0.15, -0.1) is 0 Å². The maximum Gasteiger partial charge on any atom is 0.407 e. The van der Waals surface area contributed by atoms with Gasteiger partial charge in [0, 0.05) is 18.5 Å². The molecule has 0 aliphatic heterocycles. The van der Waals surface area contributed by atoms with E-state index < -0.39 is 0 Å². The Bertz CT molecular complexity index is 625. The largest absolute Gasteiger partial charge is 0.497 e. The first-order chi connectivity index (χ1) is 11.7. The highest BCUT2D eigenvalue weighted by molar-refractivity contribution is 5.66. The van der Waals surface area contributed by atoms with Crippen LogP contribution in [0.5, 0.6) is 5.75 Å². The molecular formula is C17H23N3O4. The van der Waals surface area contributed by atoms with Gasteiger partial charge in [-0.25, -0.2) is 4.79 Å². The zero-order valence-corrected chi connectivity index (χ0v) is 14.1. The second-order valence-electron chi connectivity index (χ2n) is 5.20. The quantitative estimate of drug-likeness (QED) is 0.709. The van der Waals surface area contributed by atoms with Crippen molar-refractivity contribution in [3.05, 3.63) is 30.2 Å². The van der Waals surface area contributed by atoms with Crippen LogP contribution < -0.4 is 10.1 Å². The molecule has 1 aromatic heterocycles. The highest BCUT2D eigenvalue weighted by atomic mass is 16.5. The molecule has 0 fully saturated rings. The zero-order valence-electron chi connectivity index (χ0n) is 14.1. The molecular weight excluding hydrogens is 310 g/mol. The molecule has 130 valence electrons. The highest BCUT2D eigenvalue weighted by Crippen LogP contribution is 2.20. The molecule has 1 amide bonds. The van der Waals surface area contributed by atoms with E-state index in [2.05, 4.69) is 15.5 Å². The molecule has 0 aliphatic rings. The van der Waals surface area contributed by atoms with Gasteiger partial charge in [0.2, 0.25) is 11.7 Å². The fourth-order valence-corrected chi connectivity index (χ4v) is 2.16. The van der Waals surface area contributed by atoms with E-state index in [0.717, 1.165) is 37.0 Å². The molecule has 7 nitrogen and oxygen atoms in total. The van der Waals surface area contributed by atoms with Crippen molar-refractivity contribution < 1.29 is 18.8 Å². The van der Waals surface area contributed by atoms with Crippen LogP contribution in [0.15, 0.2) is 28.8 Å². The van der Waals surface area contributed by atoms with Crippen LogP contribution in [0.4, 0.5) is 4.79 Å². The number of amides is 1. The van der Waals surface area contributed by atoms with Crippen LogP contribution in [0.2, 0.25) is 0 Å². The van der Waals surface area contributed by atoms with Crippen molar-refractivity contribution in [2.24, 2.45) is 0 Å². The number of methoxy groups -OCH3 is 1. The maximum absolute atomic E-state index is 11.1. The Morgan fingerprint density at radius 2 is 2.00 bits per heavy atom. The average Bonchev–Trinajstić information content (AvgIpc) is 3.07. The normalized spacial score (nSPS) is 10.4. The summed E-state index contributed by atoms with van der Waals surface area (Å²) < 4.78 is 15.2. The number of carbonyl (C=O) groups excluding carboxylic acids is 1. The molecule has 7 heteroatoms. The van der Waals surface area contributed by atoms with Gasteiger partial charge in [0.1, 0.15) is 5.75 Å². The molecule has 1 heterocycles. The molecule has 0 unspecified atom stereocenters. The summed E-state index contributed by atoms with van der Waals surface area (Å²) in [6, 6.07) is 7.52. The molecule has 0 aliphatic carbocycles. The third-order valence-electron chi connectivity index (χ3n) is 3.43. The second-order valence-corrected chi connectivity index (χ2v) is 5.20. The van der Waals surface area contributed by atoms with E-state index >= 15 is 0 Å². The van der Waals surface area contributed by atoms with Crippen LogP contribution in [-0.4, -0.2) is 36.5 Å². The van der Waals surface area contributed by atoms with E-state index in [9.17, 15) is 4.79 Å². The van der Waals surface area contributed by atoms with Crippen LogP contribution in [0.25, 0.3) is 11.4 Å². The fourth-order valence-electron chi connectivity index (χ4n) is 2.16. The minimum absolute atomic E-state index is 0.362. The number of unbranched alkanes of at least 4 members (excludes halogenated alkanes) is 2. The molecule has 24 heavy (non-hydrogen) atoms. The number of rotatable bonds is 9. The van der Waals surface area contributed by atoms with Crippen molar-refractivity contribution in [3.8, 4) is 17.1 Å². The number of hydrogen-bond donors (Lipinski definition) is 1. The predicted octanol–water partition coefficient (Wildman–Crippen LogP) is 3.20. The first kappa shape index (κ1) is 17.8. The van der Waals surface area contributed by atoms with Gasteiger partial charge in [-0.1, -0.05) is 11.6 Å². The zero-order chi connectivity index (χ0) is 17.2. The van der Waals surface area contributed by atoms with Gasteiger partial charge in [0.05, 0.1) is 13.7 Å². The number of carbonyl (C=O) groups is 1. The molecule has 0 spiro atoms. The second kappa shape index (κ2) is 9.54. The van der Waals surface area contributed by atoms with E-state index in [1.165, 1.54) is 0 Å². The van der Waals surface area contributed by atoms with Gasteiger partial charge in [0.15, 0.2) is 0 Å². The summed E-state index contributed by atoms with van der Waals surface area (Å²) in [7, 11) is 1.63. The molecule has 0 atom stereocenters. The standard InChI is InChI=1S/C17H23N3O4/c1-3-23-17(21)18-12-6-4-5-7-15-19-16(20-24-15)13-8-10-14(22-2)11-9-13/h8-11H,3-7,12H2,1-2H3,(H,18,21). The summed E-state index contributed by atoms with van der Waals surface area (Å²) >= 11 is 0. The minimum Gasteiger partial charge on any atom is -0.497 e. The Kier molecular flexibility index (Phi) is 7.07. The number of nitrogens with zero attached hydrogens (tertiary/aromatic N) is 2. The van der Waals surface area contributed by atoms with Gasteiger partial charge < -0.3 is 19.3 Å². The van der Waals surface area contributed by atoms with Crippen LogP contribution in [0.1, 0.15) is 32.1 Å². The summed E-state index contributed by atoms with van der Waals surface area (Å²) in [6.07, 6.45) is 3.14. The Hall–Kier alpha value is -2.57. The number of alkyl carbamates (subject to hydrolysis) is 1. The van der Waals surface area contributed by atoms with Crippen molar-refractivity contribution >= 4 is 6.09 Å². The van der Waals surface area contributed by atoms with Crippen LogP contribution in [0.3, 0.4) is 0 Å². The van der Waals surface area contributed by atoms with Crippen molar-refractivity contribution in [1.82, 2.24) is 15.5 Å². The monoisotopic (exact) mass is 333 g/mol. The Morgan fingerprint density at radius 3 is 2.71 bits per heavy atom. The first-order valence-corrected chi connectivity index (χ1v) is 8.10. The smallest absolute Gasteiger partial charge is 0.407 e. The Morgan fingerprint density at radius 1 is 1.21 bits per heavy atom. The Balaban J connectivity index is 1.69. The number of ether oxygens (including phenoxy) is 2.